The van der Waals surface area contributed by atoms with Crippen LogP contribution in [0.1, 0.15) is 37.7 Å². The summed E-state index contributed by atoms with van der Waals surface area (Å²) in [6, 6.07) is 7.44. The van der Waals surface area contributed by atoms with Crippen molar-refractivity contribution in [1.29, 1.82) is 0 Å². The molecule has 0 atom stereocenters. The summed E-state index contributed by atoms with van der Waals surface area (Å²) in [5.41, 5.74) is -0.0308. The maximum atomic E-state index is 14.4. The number of rotatable bonds is 8. The van der Waals surface area contributed by atoms with E-state index in [1.54, 1.807) is 6.07 Å². The summed E-state index contributed by atoms with van der Waals surface area (Å²) in [6.07, 6.45) is 3.82. The highest BCUT2D eigenvalue weighted by atomic mass is 19.2. The van der Waals surface area contributed by atoms with E-state index in [0.717, 1.165) is 25.0 Å². The quantitative estimate of drug-likeness (QED) is 0.578. The fraction of sp³-hybridized carbons (Fsp3) is 0.435. The molecule has 2 aliphatic heterocycles. The summed E-state index contributed by atoms with van der Waals surface area (Å²) in [7, 11) is 0. The molecule has 5 nitrogen and oxygen atoms in total. The van der Waals surface area contributed by atoms with Crippen LogP contribution in [0.4, 0.5) is 13.2 Å². The normalized spacial score (nSPS) is 24.9. The molecule has 2 saturated heterocycles. The number of ether oxygens (including phenoxy) is 3. The van der Waals surface area contributed by atoms with Crippen molar-refractivity contribution < 1.29 is 37.3 Å². The monoisotopic (exact) mass is 436 g/mol. The first kappa shape index (κ1) is 21.6. The second kappa shape index (κ2) is 8.51. The first-order valence-electron chi connectivity index (χ1n) is 10.2. The van der Waals surface area contributed by atoms with Crippen LogP contribution < -0.4 is 4.74 Å². The van der Waals surface area contributed by atoms with E-state index in [2.05, 4.69) is 0 Å². The predicted molar refractivity (Wildman–Crippen MR) is 104 cm³/mol. The molecule has 2 bridgehead atoms. The molecule has 1 N–H and O–H groups in total. The van der Waals surface area contributed by atoms with Crippen LogP contribution in [0.5, 0.6) is 11.5 Å². The number of hydrogen-bond donors (Lipinski definition) is 1. The number of halogens is 3. The van der Waals surface area contributed by atoms with E-state index < -0.39 is 29.0 Å². The van der Waals surface area contributed by atoms with Crippen molar-refractivity contribution in [2.24, 2.45) is 5.41 Å². The molecular formula is C23H23F3O5. The molecule has 5 rings (SSSR count). The summed E-state index contributed by atoms with van der Waals surface area (Å²) in [5, 5.41) is 8.68. The van der Waals surface area contributed by atoms with Gasteiger partial charge in [-0.25, -0.2) is 18.0 Å². The minimum atomic E-state index is -1.04. The maximum absolute atomic E-state index is 14.4. The molecule has 0 radical (unpaired) electrons. The number of carboxylic acid groups (broad SMARTS) is 1. The van der Waals surface area contributed by atoms with E-state index in [1.807, 2.05) is 0 Å². The third-order valence-corrected chi connectivity index (χ3v) is 6.30. The topological polar surface area (TPSA) is 65.0 Å². The Bertz CT molecular complexity index is 953. The molecule has 0 aromatic heterocycles. The van der Waals surface area contributed by atoms with Gasteiger partial charge in [-0.1, -0.05) is 0 Å². The Morgan fingerprint density at radius 1 is 1.00 bits per heavy atom. The molecule has 2 aromatic rings. The molecule has 31 heavy (non-hydrogen) atoms. The summed E-state index contributed by atoms with van der Waals surface area (Å²) in [6.45, 7) is 0.527. The first-order chi connectivity index (χ1) is 14.8. The molecule has 3 fully saturated rings. The third-order valence-electron chi connectivity index (χ3n) is 6.30. The molecule has 8 heteroatoms. The third kappa shape index (κ3) is 4.70. The van der Waals surface area contributed by atoms with Crippen LogP contribution in [0.3, 0.4) is 0 Å². The van der Waals surface area contributed by atoms with Gasteiger partial charge in [0.1, 0.15) is 23.9 Å². The van der Waals surface area contributed by atoms with Crippen molar-refractivity contribution >= 4 is 5.97 Å². The largest absolute Gasteiger partial charge is 0.480 e. The minimum absolute atomic E-state index is 0.0570. The number of aliphatic carboxylic acids is 1. The number of hydrogen-bond acceptors (Lipinski definition) is 4. The Labute approximate surface area is 177 Å². The molecular weight excluding hydrogens is 413 g/mol. The van der Waals surface area contributed by atoms with Crippen molar-refractivity contribution in [3.63, 3.8) is 0 Å². The van der Waals surface area contributed by atoms with Gasteiger partial charge in [0.25, 0.3) is 0 Å². The molecule has 0 spiro atoms. The second-order valence-corrected chi connectivity index (χ2v) is 8.33. The van der Waals surface area contributed by atoms with Crippen molar-refractivity contribution in [3.05, 3.63) is 59.4 Å². The zero-order chi connectivity index (χ0) is 22.1. The van der Waals surface area contributed by atoms with Crippen molar-refractivity contribution in [2.45, 2.75) is 37.7 Å². The lowest BCUT2D eigenvalue weighted by Crippen LogP contribution is -2.49. The van der Waals surface area contributed by atoms with Crippen LogP contribution in [0.2, 0.25) is 0 Å². The van der Waals surface area contributed by atoms with Crippen LogP contribution in [-0.4, -0.2) is 30.9 Å². The Hall–Kier alpha value is -2.58. The summed E-state index contributed by atoms with van der Waals surface area (Å²) < 4.78 is 57.9. The summed E-state index contributed by atoms with van der Waals surface area (Å²) in [5.74, 6) is -3.27. The zero-order valence-electron chi connectivity index (χ0n) is 16.8. The van der Waals surface area contributed by atoms with Crippen LogP contribution in [-0.2, 0) is 19.9 Å². The van der Waals surface area contributed by atoms with Crippen molar-refractivity contribution in [1.82, 2.24) is 0 Å². The minimum Gasteiger partial charge on any atom is -0.480 e. The van der Waals surface area contributed by atoms with Crippen LogP contribution in [0.15, 0.2) is 36.4 Å². The molecule has 2 heterocycles. The van der Waals surface area contributed by atoms with Gasteiger partial charge in [-0.05, 0) is 67.3 Å². The van der Waals surface area contributed by atoms with Gasteiger partial charge in [0.05, 0.1) is 12.2 Å². The fourth-order valence-electron chi connectivity index (χ4n) is 4.47. The first-order valence-corrected chi connectivity index (χ1v) is 10.2. The molecule has 2 aromatic carbocycles. The molecule has 1 aliphatic carbocycles. The van der Waals surface area contributed by atoms with Crippen molar-refractivity contribution in [3.8, 4) is 11.5 Å². The average Bonchev–Trinajstić information content (AvgIpc) is 2.75. The van der Waals surface area contributed by atoms with E-state index in [0.29, 0.717) is 38.0 Å². The molecule has 1 saturated carbocycles. The number of benzene rings is 2. The Balaban J connectivity index is 1.46. The maximum Gasteiger partial charge on any atom is 0.329 e. The lowest BCUT2D eigenvalue weighted by atomic mass is 9.63. The highest BCUT2D eigenvalue weighted by Crippen LogP contribution is 2.55. The van der Waals surface area contributed by atoms with E-state index in [9.17, 15) is 18.0 Å². The van der Waals surface area contributed by atoms with Gasteiger partial charge < -0.3 is 19.3 Å². The van der Waals surface area contributed by atoms with E-state index >= 15 is 0 Å². The molecule has 0 unspecified atom stereocenters. The van der Waals surface area contributed by atoms with Crippen LogP contribution >= 0.6 is 0 Å². The number of fused-ring (bicyclic) bond motifs is 3. The Kier molecular flexibility index (Phi) is 5.94. The molecule has 166 valence electrons. The summed E-state index contributed by atoms with van der Waals surface area (Å²) in [4.78, 5) is 10.6. The molecule has 0 amide bonds. The lowest BCUT2D eigenvalue weighted by molar-refractivity contribution is -0.194. The number of carbonyl (C=O) groups is 1. The van der Waals surface area contributed by atoms with E-state index in [-0.39, 0.29) is 23.5 Å². The van der Waals surface area contributed by atoms with Crippen molar-refractivity contribution in [2.75, 3.05) is 19.8 Å². The van der Waals surface area contributed by atoms with Gasteiger partial charge in [0.2, 0.25) is 0 Å². The van der Waals surface area contributed by atoms with Crippen LogP contribution in [0.25, 0.3) is 0 Å². The van der Waals surface area contributed by atoms with Crippen LogP contribution in [0, 0.1) is 22.9 Å². The predicted octanol–water partition coefficient (Wildman–Crippen LogP) is 5.17. The standard InChI is InChI=1S/C23H23F3O5/c24-16-9-15(10-18(11-16)31-17-1-2-19(25)20(26)12-17)23-5-3-22(4-6-23,14-30-23)7-8-29-13-21(27)28/h1-2,9-12H,3-8,13-14H2,(H,27,28). The average molecular weight is 436 g/mol. The smallest absolute Gasteiger partial charge is 0.329 e. The second-order valence-electron chi connectivity index (χ2n) is 8.33. The Morgan fingerprint density at radius 2 is 1.77 bits per heavy atom. The van der Waals surface area contributed by atoms with E-state index in [1.165, 1.54) is 18.2 Å². The van der Waals surface area contributed by atoms with Gasteiger partial charge in [0.15, 0.2) is 11.6 Å². The molecule has 3 aliphatic rings. The highest BCUT2D eigenvalue weighted by Gasteiger charge is 2.50. The number of carboxylic acids is 1. The van der Waals surface area contributed by atoms with Gasteiger partial charge in [-0.15, -0.1) is 0 Å². The fourth-order valence-corrected chi connectivity index (χ4v) is 4.47. The lowest BCUT2D eigenvalue weighted by Gasteiger charge is -2.53. The summed E-state index contributed by atoms with van der Waals surface area (Å²) >= 11 is 0. The van der Waals surface area contributed by atoms with Gasteiger partial charge in [-0.3, -0.25) is 0 Å². The van der Waals surface area contributed by atoms with Gasteiger partial charge >= 0.3 is 5.97 Å². The zero-order valence-corrected chi connectivity index (χ0v) is 16.8. The van der Waals surface area contributed by atoms with Gasteiger partial charge in [0, 0.05) is 18.7 Å². The SMILES string of the molecule is O=C(O)COCCC12CCC(c3cc(F)cc(Oc4ccc(F)c(F)c4)c3)(CC1)OC2. The Morgan fingerprint density at radius 3 is 2.42 bits per heavy atom. The van der Waals surface area contributed by atoms with E-state index in [4.69, 9.17) is 19.3 Å². The highest BCUT2D eigenvalue weighted by molar-refractivity contribution is 5.67. The van der Waals surface area contributed by atoms with Gasteiger partial charge in [-0.2, -0.15) is 0 Å².